The molecule has 0 aliphatic rings. The molecule has 0 N–H and O–H groups in total. The summed E-state index contributed by atoms with van der Waals surface area (Å²) in [5, 5.41) is 0. The van der Waals surface area contributed by atoms with Crippen LogP contribution < -0.4 is 0 Å². The number of allylic oxidation sites excluding steroid dienone is 2. The smallest absolute Gasteiger partial charge is 0.0690 e. The van der Waals surface area contributed by atoms with Gasteiger partial charge in [0.1, 0.15) is 0 Å². The Labute approximate surface area is 91.1 Å². The summed E-state index contributed by atoms with van der Waals surface area (Å²) in [4.78, 5) is 0. The third-order valence-electron chi connectivity index (χ3n) is 4.09. The van der Waals surface area contributed by atoms with Crippen molar-refractivity contribution in [3.05, 3.63) is 25.3 Å². The van der Waals surface area contributed by atoms with E-state index in [0.29, 0.717) is 11.1 Å². The van der Waals surface area contributed by atoms with Gasteiger partial charge in [0.15, 0.2) is 0 Å². The molecule has 0 aliphatic carbocycles. The van der Waals surface area contributed by atoms with E-state index in [2.05, 4.69) is 59.9 Å². The number of rotatable bonds is 6. The minimum atomic E-state index is -1.29. The Morgan fingerprint density at radius 2 is 1.36 bits per heavy atom. The van der Waals surface area contributed by atoms with Crippen LogP contribution in [-0.4, -0.2) is 8.07 Å². The molecule has 0 radical (unpaired) electrons. The first-order chi connectivity index (χ1) is 6.47. The molecule has 2 unspecified atom stereocenters. The van der Waals surface area contributed by atoms with E-state index in [0.717, 1.165) is 5.54 Å². The lowest BCUT2D eigenvalue weighted by Crippen LogP contribution is -2.44. The van der Waals surface area contributed by atoms with Crippen molar-refractivity contribution < 1.29 is 0 Å². The molecule has 0 saturated heterocycles. The second-order valence-electron chi connectivity index (χ2n) is 4.67. The molecule has 0 aromatic carbocycles. The Balaban J connectivity index is 5.16. The first-order valence-electron chi connectivity index (χ1n) is 5.72. The van der Waals surface area contributed by atoms with Gasteiger partial charge in [0, 0.05) is 0 Å². The molecule has 0 aromatic heterocycles. The molecular formula is C13H26Si. The summed E-state index contributed by atoms with van der Waals surface area (Å²) in [6.07, 6.45) is 4.30. The third kappa shape index (κ3) is 2.19. The van der Waals surface area contributed by atoms with E-state index in [9.17, 15) is 0 Å². The zero-order chi connectivity index (χ0) is 11.4. The molecule has 0 aromatic rings. The molecule has 0 nitrogen and oxygen atoms in total. The van der Waals surface area contributed by atoms with Crippen molar-refractivity contribution >= 4 is 8.07 Å². The van der Waals surface area contributed by atoms with E-state index in [1.807, 2.05) is 0 Å². The van der Waals surface area contributed by atoms with Crippen LogP contribution in [0.15, 0.2) is 25.3 Å². The van der Waals surface area contributed by atoms with Crippen LogP contribution in [0, 0.1) is 0 Å². The first-order valence-corrected chi connectivity index (χ1v) is 8.16. The highest BCUT2D eigenvalue weighted by Crippen LogP contribution is 2.45. The zero-order valence-corrected chi connectivity index (χ0v) is 11.5. The maximum absolute atomic E-state index is 3.97. The molecule has 1 heteroatoms. The van der Waals surface area contributed by atoms with Gasteiger partial charge >= 0.3 is 0 Å². The Bertz CT molecular complexity index is 179. The molecule has 0 fully saturated rings. The fraction of sp³-hybridized carbons (Fsp3) is 0.692. The summed E-state index contributed by atoms with van der Waals surface area (Å²) in [6, 6.07) is 1.32. The Morgan fingerprint density at radius 3 is 1.50 bits per heavy atom. The average molecular weight is 210 g/mol. The van der Waals surface area contributed by atoms with Crippen molar-refractivity contribution in [1.29, 1.82) is 0 Å². The molecule has 0 heterocycles. The van der Waals surface area contributed by atoms with E-state index in [4.69, 9.17) is 0 Å². The fourth-order valence-electron chi connectivity index (χ4n) is 2.96. The minimum Gasteiger partial charge on any atom is -0.103 e. The highest BCUT2D eigenvalue weighted by Gasteiger charge is 2.42. The molecule has 0 saturated carbocycles. The van der Waals surface area contributed by atoms with Gasteiger partial charge in [0.2, 0.25) is 0 Å². The zero-order valence-electron chi connectivity index (χ0n) is 10.5. The summed E-state index contributed by atoms with van der Waals surface area (Å²) < 4.78 is 0. The molecule has 0 rings (SSSR count). The lowest BCUT2D eigenvalue weighted by molar-refractivity contribution is 0.862. The van der Waals surface area contributed by atoms with Gasteiger partial charge < -0.3 is 0 Å². The lowest BCUT2D eigenvalue weighted by Gasteiger charge is -2.43. The SMILES string of the molecule is C=CC(C)[Si](CC)(C(C)C)C(C)C=C. The predicted octanol–water partition coefficient (Wildman–Crippen LogP) is 5.02. The molecule has 0 spiro atoms. The molecule has 0 aliphatic heterocycles. The number of hydrogen-bond donors (Lipinski definition) is 0. The predicted molar refractivity (Wildman–Crippen MR) is 70.6 cm³/mol. The van der Waals surface area contributed by atoms with Gasteiger partial charge in [0.05, 0.1) is 8.07 Å². The molecule has 14 heavy (non-hydrogen) atoms. The second-order valence-corrected chi connectivity index (χ2v) is 10.6. The number of hydrogen-bond acceptors (Lipinski definition) is 0. The van der Waals surface area contributed by atoms with Gasteiger partial charge in [0.25, 0.3) is 0 Å². The first kappa shape index (κ1) is 13.7. The lowest BCUT2D eigenvalue weighted by atomic mass is 10.4. The van der Waals surface area contributed by atoms with E-state index in [-0.39, 0.29) is 0 Å². The maximum Gasteiger partial charge on any atom is 0.0690 e. The standard InChI is InChI=1S/C13H26Si/c1-8-12(6)14(10-3,11(4)5)13(7)9-2/h8-9,11-13H,1-2,10H2,3-7H3. The van der Waals surface area contributed by atoms with Crippen LogP contribution in [0.5, 0.6) is 0 Å². The molecule has 82 valence electrons. The molecule has 0 amide bonds. The van der Waals surface area contributed by atoms with Crippen molar-refractivity contribution in [1.82, 2.24) is 0 Å². The monoisotopic (exact) mass is 210 g/mol. The van der Waals surface area contributed by atoms with Crippen LogP contribution in [0.4, 0.5) is 0 Å². The highest BCUT2D eigenvalue weighted by atomic mass is 28.3. The van der Waals surface area contributed by atoms with Gasteiger partial charge in [-0.3, -0.25) is 0 Å². The topological polar surface area (TPSA) is 0 Å². The summed E-state index contributed by atoms with van der Waals surface area (Å²) in [6.45, 7) is 19.7. The summed E-state index contributed by atoms with van der Waals surface area (Å²) >= 11 is 0. The Kier molecular flexibility index (Phi) is 5.43. The summed E-state index contributed by atoms with van der Waals surface area (Å²) in [7, 11) is -1.29. The van der Waals surface area contributed by atoms with Crippen LogP contribution in [0.1, 0.15) is 34.6 Å². The second kappa shape index (κ2) is 5.55. The Morgan fingerprint density at radius 1 is 1.00 bits per heavy atom. The summed E-state index contributed by atoms with van der Waals surface area (Å²) in [5.74, 6) is 0. The van der Waals surface area contributed by atoms with Gasteiger partial charge in [-0.25, -0.2) is 0 Å². The third-order valence-corrected chi connectivity index (χ3v) is 11.3. The van der Waals surface area contributed by atoms with Crippen LogP contribution in [0.3, 0.4) is 0 Å². The van der Waals surface area contributed by atoms with Crippen LogP contribution >= 0.6 is 0 Å². The van der Waals surface area contributed by atoms with Gasteiger partial charge in [-0.2, -0.15) is 0 Å². The van der Waals surface area contributed by atoms with Crippen LogP contribution in [0.25, 0.3) is 0 Å². The maximum atomic E-state index is 3.97. The molecule has 0 bridgehead atoms. The normalized spacial score (nSPS) is 19.9. The van der Waals surface area contributed by atoms with Crippen molar-refractivity contribution in [3.63, 3.8) is 0 Å². The quantitative estimate of drug-likeness (QED) is 0.427. The van der Waals surface area contributed by atoms with E-state index >= 15 is 0 Å². The Hall–Kier alpha value is -0.303. The van der Waals surface area contributed by atoms with E-state index in [1.165, 1.54) is 6.04 Å². The van der Waals surface area contributed by atoms with Crippen molar-refractivity contribution in [3.8, 4) is 0 Å². The largest absolute Gasteiger partial charge is 0.103 e. The van der Waals surface area contributed by atoms with Crippen LogP contribution in [0.2, 0.25) is 22.7 Å². The average Bonchev–Trinajstić information content (AvgIpc) is 2.18. The van der Waals surface area contributed by atoms with E-state index < -0.39 is 8.07 Å². The van der Waals surface area contributed by atoms with Crippen molar-refractivity contribution in [2.24, 2.45) is 0 Å². The van der Waals surface area contributed by atoms with Crippen molar-refractivity contribution in [2.45, 2.75) is 57.3 Å². The molecular weight excluding hydrogens is 184 g/mol. The van der Waals surface area contributed by atoms with E-state index in [1.54, 1.807) is 0 Å². The minimum absolute atomic E-state index is 0.681. The summed E-state index contributed by atoms with van der Waals surface area (Å²) in [5.41, 5.74) is 2.16. The highest BCUT2D eigenvalue weighted by molar-refractivity contribution is 6.84. The molecule has 2 atom stereocenters. The van der Waals surface area contributed by atoms with Gasteiger partial charge in [-0.05, 0) is 11.1 Å². The van der Waals surface area contributed by atoms with Crippen molar-refractivity contribution in [2.75, 3.05) is 0 Å². The fourth-order valence-corrected chi connectivity index (χ4v) is 8.87. The van der Waals surface area contributed by atoms with Gasteiger partial charge in [-0.1, -0.05) is 58.4 Å². The van der Waals surface area contributed by atoms with Gasteiger partial charge in [-0.15, -0.1) is 13.2 Å². The van der Waals surface area contributed by atoms with Crippen LogP contribution in [-0.2, 0) is 0 Å².